The Labute approximate surface area is 157 Å². The van der Waals surface area contributed by atoms with E-state index in [2.05, 4.69) is 15.9 Å². The minimum Gasteiger partial charge on any atom is -0.480 e. The number of carboxylic acids is 1. The molecule has 1 atom stereocenters. The molecule has 1 N–H and O–H groups in total. The number of halogens is 1. The predicted octanol–water partition coefficient (Wildman–Crippen LogP) is 0.834. The maximum atomic E-state index is 12.8. The number of hydrogen-bond donors (Lipinski definition) is 1. The van der Waals surface area contributed by atoms with E-state index in [-0.39, 0.29) is 25.4 Å². The lowest BCUT2D eigenvalue weighted by molar-refractivity contribution is -0.152. The molecule has 4 rings (SSSR count). The van der Waals surface area contributed by atoms with E-state index >= 15 is 0 Å². The molecule has 0 unspecified atom stereocenters. The van der Waals surface area contributed by atoms with Crippen molar-refractivity contribution in [3.8, 4) is 0 Å². The Hall–Kier alpha value is -1.97. The van der Waals surface area contributed by atoms with Crippen LogP contribution in [-0.2, 0) is 25.6 Å². The number of amides is 2. The summed E-state index contributed by atoms with van der Waals surface area (Å²) in [6, 6.07) is 4.33. The maximum Gasteiger partial charge on any atom is 0.326 e. The number of rotatable bonds is 3. The standard InChI is InChI=1S/C17H17BrN2O6/c18-11-1-2-12-10(5-11)7-19(15(12)22)8-14(21)20-9-17(25-3-4-26-17)6-13(20)16(23)24/h1-2,5,13H,3-4,6-9H2,(H,23,24)/t13-/m0/s1. The summed E-state index contributed by atoms with van der Waals surface area (Å²) in [7, 11) is 0. The van der Waals surface area contributed by atoms with Gasteiger partial charge in [0, 0.05) is 23.0 Å². The molecule has 1 spiro atoms. The summed E-state index contributed by atoms with van der Waals surface area (Å²) in [5.41, 5.74) is 1.41. The molecule has 3 heterocycles. The van der Waals surface area contributed by atoms with E-state index in [0.717, 1.165) is 10.0 Å². The van der Waals surface area contributed by atoms with Gasteiger partial charge in [-0.15, -0.1) is 0 Å². The van der Waals surface area contributed by atoms with Crippen LogP contribution in [0.25, 0.3) is 0 Å². The zero-order chi connectivity index (χ0) is 18.5. The second kappa shape index (κ2) is 6.33. The largest absolute Gasteiger partial charge is 0.480 e. The maximum absolute atomic E-state index is 12.8. The summed E-state index contributed by atoms with van der Waals surface area (Å²) >= 11 is 3.37. The Bertz CT molecular complexity index is 791. The monoisotopic (exact) mass is 424 g/mol. The second-order valence-corrected chi connectivity index (χ2v) is 7.57. The molecule has 1 aromatic carbocycles. The van der Waals surface area contributed by atoms with Gasteiger partial charge in [0.1, 0.15) is 12.6 Å². The van der Waals surface area contributed by atoms with Crippen molar-refractivity contribution in [1.82, 2.24) is 9.80 Å². The minimum absolute atomic E-state index is 0.0589. The zero-order valence-electron chi connectivity index (χ0n) is 13.8. The molecule has 2 amide bonds. The molecule has 0 aliphatic carbocycles. The molecule has 0 saturated carbocycles. The first-order valence-electron chi connectivity index (χ1n) is 8.26. The van der Waals surface area contributed by atoms with E-state index in [0.29, 0.717) is 25.3 Å². The van der Waals surface area contributed by atoms with Crippen molar-refractivity contribution >= 4 is 33.7 Å². The number of benzene rings is 1. The fraction of sp³-hybridized carbons (Fsp3) is 0.471. The number of carbonyl (C=O) groups is 3. The summed E-state index contributed by atoms with van der Waals surface area (Å²) in [5.74, 6) is -2.79. The first kappa shape index (κ1) is 17.4. The Morgan fingerprint density at radius 2 is 2.04 bits per heavy atom. The molecular weight excluding hydrogens is 408 g/mol. The van der Waals surface area contributed by atoms with Gasteiger partial charge in [-0.3, -0.25) is 9.59 Å². The van der Waals surface area contributed by atoms with Crippen LogP contribution in [0, 0.1) is 0 Å². The lowest BCUT2D eigenvalue weighted by Gasteiger charge is -2.25. The van der Waals surface area contributed by atoms with Crippen LogP contribution in [0.1, 0.15) is 22.3 Å². The average molecular weight is 425 g/mol. The summed E-state index contributed by atoms with van der Waals surface area (Å²) in [6.07, 6.45) is 0.0925. The van der Waals surface area contributed by atoms with Crippen LogP contribution in [0.4, 0.5) is 0 Å². The Balaban J connectivity index is 1.49. The van der Waals surface area contributed by atoms with Crippen LogP contribution < -0.4 is 0 Å². The van der Waals surface area contributed by atoms with Crippen molar-refractivity contribution < 1.29 is 29.0 Å². The molecule has 1 aromatic rings. The van der Waals surface area contributed by atoms with Crippen LogP contribution in [0.3, 0.4) is 0 Å². The number of likely N-dealkylation sites (tertiary alicyclic amines) is 1. The van der Waals surface area contributed by atoms with Gasteiger partial charge in [0.05, 0.1) is 19.8 Å². The van der Waals surface area contributed by atoms with Crippen molar-refractivity contribution in [2.45, 2.75) is 24.8 Å². The SMILES string of the molecule is O=C(O)[C@@H]1CC2(CN1C(=O)CN1Cc3cc(Br)ccc3C1=O)OCCO2. The third-order valence-electron chi connectivity index (χ3n) is 4.98. The minimum atomic E-state index is -1.10. The number of carboxylic acid groups (broad SMARTS) is 1. The topological polar surface area (TPSA) is 96.4 Å². The number of aliphatic carboxylic acids is 1. The highest BCUT2D eigenvalue weighted by Gasteiger charge is 2.53. The van der Waals surface area contributed by atoms with Crippen molar-refractivity contribution in [2.75, 3.05) is 26.3 Å². The molecule has 8 nitrogen and oxygen atoms in total. The summed E-state index contributed by atoms with van der Waals surface area (Å²) in [5, 5.41) is 9.47. The molecule has 3 aliphatic heterocycles. The molecule has 138 valence electrons. The van der Waals surface area contributed by atoms with E-state index in [1.807, 2.05) is 6.07 Å². The van der Waals surface area contributed by atoms with Gasteiger partial charge in [0.2, 0.25) is 5.91 Å². The lowest BCUT2D eigenvalue weighted by Crippen LogP contribution is -2.46. The van der Waals surface area contributed by atoms with Crippen LogP contribution in [0.2, 0.25) is 0 Å². The average Bonchev–Trinajstić information content (AvgIpc) is 3.28. The zero-order valence-corrected chi connectivity index (χ0v) is 15.4. The third kappa shape index (κ3) is 2.89. The predicted molar refractivity (Wildman–Crippen MR) is 91.3 cm³/mol. The summed E-state index contributed by atoms with van der Waals surface area (Å²) in [6.45, 7) is 0.962. The van der Waals surface area contributed by atoms with Gasteiger partial charge < -0.3 is 24.4 Å². The van der Waals surface area contributed by atoms with Crippen LogP contribution >= 0.6 is 15.9 Å². The van der Waals surface area contributed by atoms with Gasteiger partial charge in [-0.1, -0.05) is 15.9 Å². The van der Waals surface area contributed by atoms with E-state index < -0.39 is 23.7 Å². The van der Waals surface area contributed by atoms with Crippen molar-refractivity contribution in [3.05, 3.63) is 33.8 Å². The van der Waals surface area contributed by atoms with E-state index in [1.54, 1.807) is 12.1 Å². The molecular formula is C17H17BrN2O6. The number of nitrogens with zero attached hydrogens (tertiary/aromatic N) is 2. The van der Waals surface area contributed by atoms with Crippen molar-refractivity contribution in [1.29, 1.82) is 0 Å². The highest BCUT2D eigenvalue weighted by molar-refractivity contribution is 9.10. The Kier molecular flexibility index (Phi) is 4.25. The molecule has 0 bridgehead atoms. The molecule has 0 radical (unpaired) electrons. The molecule has 0 aromatic heterocycles. The van der Waals surface area contributed by atoms with Crippen LogP contribution in [0.5, 0.6) is 0 Å². The van der Waals surface area contributed by atoms with Gasteiger partial charge in [0.25, 0.3) is 5.91 Å². The quantitative estimate of drug-likeness (QED) is 0.771. The highest BCUT2D eigenvalue weighted by atomic mass is 79.9. The number of carbonyl (C=O) groups excluding carboxylic acids is 2. The number of fused-ring (bicyclic) bond motifs is 1. The van der Waals surface area contributed by atoms with E-state index in [9.17, 15) is 19.5 Å². The van der Waals surface area contributed by atoms with Gasteiger partial charge in [-0.05, 0) is 23.8 Å². The fourth-order valence-corrected chi connectivity index (χ4v) is 4.17. The highest BCUT2D eigenvalue weighted by Crippen LogP contribution is 2.35. The van der Waals surface area contributed by atoms with E-state index in [4.69, 9.17) is 9.47 Å². The van der Waals surface area contributed by atoms with Gasteiger partial charge in [-0.2, -0.15) is 0 Å². The van der Waals surface area contributed by atoms with E-state index in [1.165, 1.54) is 9.80 Å². The summed E-state index contributed by atoms with van der Waals surface area (Å²) in [4.78, 5) is 39.5. The molecule has 9 heteroatoms. The first-order chi connectivity index (χ1) is 12.4. The van der Waals surface area contributed by atoms with Crippen molar-refractivity contribution in [3.63, 3.8) is 0 Å². The van der Waals surface area contributed by atoms with Gasteiger partial charge in [0.15, 0.2) is 5.79 Å². The Morgan fingerprint density at radius 3 is 2.73 bits per heavy atom. The van der Waals surface area contributed by atoms with Crippen LogP contribution in [-0.4, -0.2) is 70.8 Å². The smallest absolute Gasteiger partial charge is 0.326 e. The van der Waals surface area contributed by atoms with Crippen LogP contribution in [0.15, 0.2) is 22.7 Å². The third-order valence-corrected chi connectivity index (χ3v) is 5.48. The fourth-order valence-electron chi connectivity index (χ4n) is 3.76. The Morgan fingerprint density at radius 1 is 1.31 bits per heavy atom. The lowest BCUT2D eigenvalue weighted by atomic mass is 10.1. The molecule has 26 heavy (non-hydrogen) atoms. The first-order valence-corrected chi connectivity index (χ1v) is 9.06. The number of ether oxygens (including phenoxy) is 2. The van der Waals surface area contributed by atoms with Crippen molar-refractivity contribution in [2.24, 2.45) is 0 Å². The normalized spacial score (nSPS) is 23.7. The molecule has 2 saturated heterocycles. The van der Waals surface area contributed by atoms with Gasteiger partial charge >= 0.3 is 5.97 Å². The second-order valence-electron chi connectivity index (χ2n) is 6.65. The summed E-state index contributed by atoms with van der Waals surface area (Å²) < 4.78 is 12.0. The number of hydrogen-bond acceptors (Lipinski definition) is 5. The van der Waals surface area contributed by atoms with Gasteiger partial charge in [-0.25, -0.2) is 4.79 Å². The molecule has 2 fully saturated rings. The molecule has 3 aliphatic rings.